The number of rotatable bonds is 7. The van der Waals surface area contributed by atoms with Crippen LogP contribution in [0.25, 0.3) is 5.69 Å². The van der Waals surface area contributed by atoms with E-state index in [0.29, 0.717) is 0 Å². The molecule has 0 aliphatic carbocycles. The smallest absolute Gasteiger partial charge is 0.275 e. The van der Waals surface area contributed by atoms with E-state index in [4.69, 9.17) is 0 Å². The number of halogens is 1. The van der Waals surface area contributed by atoms with Crippen molar-refractivity contribution in [2.45, 2.75) is 79.6 Å². The molecule has 1 aromatic carbocycles. The molecule has 0 unspecified atom stereocenters. The van der Waals surface area contributed by atoms with Gasteiger partial charge in [-0.05, 0) is 79.7 Å². The highest BCUT2D eigenvalue weighted by Crippen LogP contribution is 2.40. The SMILES string of the molecule is CC(C)N(C(=O)c1c(O)c(O)c(C(=O)N(C(C)C)C(C)C)n1-c1ccc(F)cc1)C(C)C. The summed E-state index contributed by atoms with van der Waals surface area (Å²) in [7, 11) is 0. The Balaban J connectivity index is 2.89. The average molecular weight is 448 g/mol. The highest BCUT2D eigenvalue weighted by molar-refractivity contribution is 6.04. The zero-order chi connectivity index (χ0) is 24.5. The summed E-state index contributed by atoms with van der Waals surface area (Å²) in [5.41, 5.74) is -0.215. The predicted molar refractivity (Wildman–Crippen MR) is 122 cm³/mol. The zero-order valence-corrected chi connectivity index (χ0v) is 20.0. The molecule has 0 fully saturated rings. The maximum Gasteiger partial charge on any atom is 0.275 e. The summed E-state index contributed by atoms with van der Waals surface area (Å²) in [6.45, 7) is 14.7. The summed E-state index contributed by atoms with van der Waals surface area (Å²) < 4.78 is 14.9. The lowest BCUT2D eigenvalue weighted by molar-refractivity contribution is 0.0627. The van der Waals surface area contributed by atoms with Crippen molar-refractivity contribution in [3.05, 3.63) is 41.5 Å². The van der Waals surface area contributed by atoms with Crippen molar-refractivity contribution in [3.8, 4) is 17.2 Å². The van der Waals surface area contributed by atoms with Gasteiger partial charge in [-0.25, -0.2) is 4.39 Å². The van der Waals surface area contributed by atoms with Crippen molar-refractivity contribution in [3.63, 3.8) is 0 Å². The summed E-state index contributed by atoms with van der Waals surface area (Å²) in [5, 5.41) is 21.7. The van der Waals surface area contributed by atoms with Crippen molar-refractivity contribution in [2.24, 2.45) is 0 Å². The fourth-order valence-electron chi connectivity index (χ4n) is 4.17. The number of hydrogen-bond donors (Lipinski definition) is 2. The Morgan fingerprint density at radius 3 is 1.31 bits per heavy atom. The van der Waals surface area contributed by atoms with Crippen molar-refractivity contribution >= 4 is 11.8 Å². The van der Waals surface area contributed by atoms with E-state index in [1.165, 1.54) is 28.8 Å². The minimum atomic E-state index is -0.679. The molecule has 8 heteroatoms. The lowest BCUT2D eigenvalue weighted by Crippen LogP contribution is -2.44. The van der Waals surface area contributed by atoms with Crippen LogP contribution in [0.1, 0.15) is 76.4 Å². The quantitative estimate of drug-likeness (QED) is 0.652. The molecule has 0 saturated carbocycles. The zero-order valence-electron chi connectivity index (χ0n) is 20.0. The average Bonchev–Trinajstić information content (AvgIpc) is 2.92. The Hall–Kier alpha value is -3.03. The van der Waals surface area contributed by atoms with Gasteiger partial charge in [-0.1, -0.05) is 0 Å². The van der Waals surface area contributed by atoms with Crippen LogP contribution < -0.4 is 0 Å². The number of benzene rings is 1. The summed E-state index contributed by atoms with van der Waals surface area (Å²) in [6.07, 6.45) is 0. The topological polar surface area (TPSA) is 86.0 Å². The molecule has 32 heavy (non-hydrogen) atoms. The van der Waals surface area contributed by atoms with E-state index in [9.17, 15) is 24.2 Å². The molecular weight excluding hydrogens is 413 g/mol. The first-order chi connectivity index (χ1) is 14.8. The Bertz CT molecular complexity index is 907. The largest absolute Gasteiger partial charge is 0.503 e. The Morgan fingerprint density at radius 1 is 0.719 bits per heavy atom. The molecule has 2 rings (SSSR count). The Labute approximate surface area is 189 Å². The lowest BCUT2D eigenvalue weighted by Gasteiger charge is -2.32. The monoisotopic (exact) mass is 447 g/mol. The molecule has 0 bridgehead atoms. The first-order valence-corrected chi connectivity index (χ1v) is 10.9. The predicted octanol–water partition coefficient (Wildman–Crippen LogP) is 4.55. The van der Waals surface area contributed by atoms with Crippen molar-refractivity contribution in [2.75, 3.05) is 0 Å². The van der Waals surface area contributed by atoms with Crippen LogP contribution in [0.2, 0.25) is 0 Å². The van der Waals surface area contributed by atoms with Gasteiger partial charge >= 0.3 is 0 Å². The number of hydrogen-bond acceptors (Lipinski definition) is 4. The van der Waals surface area contributed by atoms with Crippen LogP contribution in [0.4, 0.5) is 4.39 Å². The molecule has 1 aromatic heterocycles. The molecule has 0 saturated heterocycles. The van der Waals surface area contributed by atoms with Crippen molar-refractivity contribution in [1.29, 1.82) is 0 Å². The standard InChI is InChI=1S/C24H34FN3O4/c1-13(2)26(14(3)4)23(31)19-21(29)22(30)20(24(32)27(15(5)6)16(7)8)28(19)18-11-9-17(25)10-12-18/h9-16,29-30H,1-8H3. The van der Waals surface area contributed by atoms with Gasteiger partial charge in [-0.15, -0.1) is 0 Å². The van der Waals surface area contributed by atoms with E-state index >= 15 is 0 Å². The first kappa shape index (κ1) is 25.2. The molecule has 0 atom stereocenters. The summed E-state index contributed by atoms with van der Waals surface area (Å²) in [6, 6.07) is 4.35. The van der Waals surface area contributed by atoms with Crippen molar-refractivity contribution in [1.82, 2.24) is 14.4 Å². The molecule has 2 aromatic rings. The third kappa shape index (κ3) is 4.59. The van der Waals surface area contributed by atoms with Gasteiger partial charge in [0.2, 0.25) is 0 Å². The first-order valence-electron chi connectivity index (χ1n) is 10.9. The van der Waals surface area contributed by atoms with Crippen LogP contribution >= 0.6 is 0 Å². The van der Waals surface area contributed by atoms with E-state index in [2.05, 4.69) is 0 Å². The second-order valence-corrected chi connectivity index (χ2v) is 9.01. The van der Waals surface area contributed by atoms with Gasteiger partial charge in [0.25, 0.3) is 11.8 Å². The van der Waals surface area contributed by atoms with Gasteiger partial charge in [-0.2, -0.15) is 0 Å². The number of carbonyl (C=O) groups is 2. The summed E-state index contributed by atoms with van der Waals surface area (Å²) in [4.78, 5) is 30.2. The minimum Gasteiger partial charge on any atom is -0.503 e. The molecule has 2 amide bonds. The van der Waals surface area contributed by atoms with Crippen molar-refractivity contribution < 1.29 is 24.2 Å². The van der Waals surface area contributed by atoms with Gasteiger partial charge in [0.15, 0.2) is 22.9 Å². The van der Waals surface area contributed by atoms with Crippen LogP contribution in [0.5, 0.6) is 11.5 Å². The molecule has 176 valence electrons. The molecule has 1 heterocycles. The second-order valence-electron chi connectivity index (χ2n) is 9.01. The summed E-state index contributed by atoms with van der Waals surface area (Å²) in [5.74, 6) is -2.95. The fraction of sp³-hybridized carbons (Fsp3) is 0.500. The van der Waals surface area contributed by atoms with Crippen LogP contribution in [0.15, 0.2) is 24.3 Å². The Morgan fingerprint density at radius 2 is 1.03 bits per heavy atom. The molecule has 0 aliphatic heterocycles. The van der Waals surface area contributed by atoms with E-state index < -0.39 is 29.1 Å². The maximum absolute atomic E-state index is 13.6. The van der Waals surface area contributed by atoms with E-state index in [-0.39, 0.29) is 41.2 Å². The molecular formula is C24H34FN3O4. The number of nitrogens with zero attached hydrogens (tertiary/aromatic N) is 3. The van der Waals surface area contributed by atoms with Crippen LogP contribution in [-0.2, 0) is 0 Å². The van der Waals surface area contributed by atoms with Gasteiger partial charge < -0.3 is 20.0 Å². The van der Waals surface area contributed by atoms with Gasteiger partial charge in [0.05, 0.1) is 0 Å². The summed E-state index contributed by atoms with van der Waals surface area (Å²) >= 11 is 0. The number of amides is 2. The second kappa shape index (κ2) is 9.63. The molecule has 0 spiro atoms. The molecule has 2 N–H and O–H groups in total. The maximum atomic E-state index is 13.6. The number of aromatic nitrogens is 1. The van der Waals surface area contributed by atoms with Gasteiger partial charge in [0, 0.05) is 29.9 Å². The van der Waals surface area contributed by atoms with Crippen LogP contribution in [0, 0.1) is 5.82 Å². The van der Waals surface area contributed by atoms with Gasteiger partial charge in [-0.3, -0.25) is 14.2 Å². The van der Waals surface area contributed by atoms with E-state index in [0.717, 1.165) is 0 Å². The third-order valence-corrected chi connectivity index (χ3v) is 5.30. The number of carbonyl (C=O) groups excluding carboxylic acids is 2. The van der Waals surface area contributed by atoms with E-state index in [1.54, 1.807) is 9.80 Å². The fourth-order valence-corrected chi connectivity index (χ4v) is 4.17. The normalized spacial score (nSPS) is 11.7. The highest BCUT2D eigenvalue weighted by atomic mass is 19.1. The lowest BCUT2D eigenvalue weighted by atomic mass is 10.2. The minimum absolute atomic E-state index is 0.206. The van der Waals surface area contributed by atoms with Crippen LogP contribution in [-0.4, -0.2) is 60.6 Å². The van der Waals surface area contributed by atoms with Crippen LogP contribution in [0.3, 0.4) is 0 Å². The molecule has 7 nitrogen and oxygen atoms in total. The van der Waals surface area contributed by atoms with Gasteiger partial charge in [0.1, 0.15) is 5.82 Å². The Kier molecular flexibility index (Phi) is 7.59. The number of aromatic hydroxyl groups is 2. The molecule has 0 aliphatic rings. The highest BCUT2D eigenvalue weighted by Gasteiger charge is 2.37. The van der Waals surface area contributed by atoms with E-state index in [1.807, 2.05) is 55.4 Å². The third-order valence-electron chi connectivity index (χ3n) is 5.30. The molecule has 0 radical (unpaired) electrons.